The van der Waals surface area contributed by atoms with Crippen molar-refractivity contribution in [2.75, 3.05) is 5.32 Å². The van der Waals surface area contributed by atoms with E-state index >= 15 is 0 Å². The van der Waals surface area contributed by atoms with E-state index in [0.29, 0.717) is 5.69 Å². The Kier molecular flexibility index (Phi) is 4.86. The van der Waals surface area contributed by atoms with Crippen molar-refractivity contribution in [3.63, 3.8) is 0 Å². The molecular weight excluding hydrogens is 238 g/mol. The molecule has 0 aliphatic heterocycles. The second kappa shape index (κ2) is 6.39. The number of amides is 1. The number of para-hydroxylation sites is 1. The Bertz CT molecular complexity index is 427. The molecule has 96 valence electrons. The second-order valence-electron chi connectivity index (χ2n) is 3.75. The summed E-state index contributed by atoms with van der Waals surface area (Å²) < 4.78 is 0. The molecule has 0 saturated carbocycles. The van der Waals surface area contributed by atoms with Gasteiger partial charge in [0.1, 0.15) is 0 Å². The fourth-order valence-corrected chi connectivity index (χ4v) is 1.44. The number of carboxylic acid groups (broad SMARTS) is 2. The van der Waals surface area contributed by atoms with E-state index in [1.807, 2.05) is 0 Å². The van der Waals surface area contributed by atoms with Crippen LogP contribution in [0.1, 0.15) is 12.8 Å². The van der Waals surface area contributed by atoms with Crippen LogP contribution in [0, 0.1) is 5.92 Å². The van der Waals surface area contributed by atoms with Gasteiger partial charge in [0.25, 0.3) is 0 Å². The fourth-order valence-electron chi connectivity index (χ4n) is 1.44. The quantitative estimate of drug-likeness (QED) is 0.704. The van der Waals surface area contributed by atoms with Crippen LogP contribution in [0.15, 0.2) is 30.3 Å². The number of aliphatic carboxylic acids is 2. The third-order valence-electron chi connectivity index (χ3n) is 2.25. The van der Waals surface area contributed by atoms with Gasteiger partial charge in [-0.1, -0.05) is 18.2 Å². The largest absolute Gasteiger partial charge is 0.481 e. The highest BCUT2D eigenvalue weighted by atomic mass is 16.4. The van der Waals surface area contributed by atoms with E-state index in [2.05, 4.69) is 5.32 Å². The van der Waals surface area contributed by atoms with Crippen LogP contribution in [0.4, 0.5) is 5.69 Å². The summed E-state index contributed by atoms with van der Waals surface area (Å²) in [6.45, 7) is 0. The van der Waals surface area contributed by atoms with E-state index in [1.165, 1.54) is 0 Å². The summed E-state index contributed by atoms with van der Waals surface area (Å²) in [6, 6.07) is 8.45. The maximum absolute atomic E-state index is 11.7. The minimum atomic E-state index is -1.20. The Morgan fingerprint density at radius 2 is 1.50 bits per heavy atom. The normalized spacial score (nSPS) is 10.1. The zero-order valence-electron chi connectivity index (χ0n) is 9.50. The Balaban J connectivity index is 2.69. The van der Waals surface area contributed by atoms with Crippen LogP contribution in [0.2, 0.25) is 0 Å². The number of carbonyl (C=O) groups excluding carboxylic acids is 1. The molecule has 6 heteroatoms. The molecule has 0 bridgehead atoms. The standard InChI is InChI=1S/C12H13NO5/c14-10(15)6-8(7-11(16)17)12(18)13-9-4-2-1-3-5-9/h1-5,8H,6-7H2,(H,13,18)(H,14,15)(H,16,17). The van der Waals surface area contributed by atoms with E-state index in [9.17, 15) is 14.4 Å². The van der Waals surface area contributed by atoms with Crippen molar-refractivity contribution in [1.29, 1.82) is 0 Å². The van der Waals surface area contributed by atoms with Gasteiger partial charge >= 0.3 is 11.9 Å². The lowest BCUT2D eigenvalue weighted by Gasteiger charge is -2.12. The highest BCUT2D eigenvalue weighted by molar-refractivity contribution is 5.96. The van der Waals surface area contributed by atoms with Crippen molar-refractivity contribution >= 4 is 23.5 Å². The number of anilines is 1. The van der Waals surface area contributed by atoms with Gasteiger partial charge in [-0.05, 0) is 12.1 Å². The number of hydrogen-bond acceptors (Lipinski definition) is 3. The number of hydrogen-bond donors (Lipinski definition) is 3. The molecule has 0 saturated heterocycles. The third-order valence-corrected chi connectivity index (χ3v) is 2.25. The smallest absolute Gasteiger partial charge is 0.304 e. The van der Waals surface area contributed by atoms with Crippen LogP contribution in [0.25, 0.3) is 0 Å². The van der Waals surface area contributed by atoms with Crippen molar-refractivity contribution in [2.24, 2.45) is 5.92 Å². The molecule has 0 aliphatic carbocycles. The summed E-state index contributed by atoms with van der Waals surface area (Å²) in [5.41, 5.74) is 0.503. The molecule has 3 N–H and O–H groups in total. The minimum Gasteiger partial charge on any atom is -0.481 e. The molecule has 0 heterocycles. The molecule has 1 aromatic rings. The third kappa shape index (κ3) is 4.65. The van der Waals surface area contributed by atoms with Crippen molar-refractivity contribution in [2.45, 2.75) is 12.8 Å². The summed E-state index contributed by atoms with van der Waals surface area (Å²) in [4.78, 5) is 32.9. The van der Waals surface area contributed by atoms with Crippen LogP contribution < -0.4 is 5.32 Å². The van der Waals surface area contributed by atoms with Crippen LogP contribution in [-0.2, 0) is 14.4 Å². The lowest BCUT2D eigenvalue weighted by Crippen LogP contribution is -2.27. The van der Waals surface area contributed by atoms with Crippen LogP contribution in [0.3, 0.4) is 0 Å². The number of carbonyl (C=O) groups is 3. The molecule has 0 fully saturated rings. The predicted molar refractivity (Wildman–Crippen MR) is 63.1 cm³/mol. The first-order chi connectivity index (χ1) is 8.49. The summed E-state index contributed by atoms with van der Waals surface area (Å²) >= 11 is 0. The molecule has 0 unspecified atom stereocenters. The monoisotopic (exact) mass is 251 g/mol. The molecule has 0 atom stereocenters. The topological polar surface area (TPSA) is 104 Å². The summed E-state index contributed by atoms with van der Waals surface area (Å²) in [7, 11) is 0. The highest BCUT2D eigenvalue weighted by Crippen LogP contribution is 2.13. The van der Waals surface area contributed by atoms with Gasteiger partial charge in [0.2, 0.25) is 5.91 Å². The summed E-state index contributed by atoms with van der Waals surface area (Å²) in [5, 5.41) is 19.8. The van der Waals surface area contributed by atoms with Crippen LogP contribution in [0.5, 0.6) is 0 Å². The average molecular weight is 251 g/mol. The molecule has 18 heavy (non-hydrogen) atoms. The van der Waals surface area contributed by atoms with E-state index in [0.717, 1.165) is 0 Å². The second-order valence-corrected chi connectivity index (χ2v) is 3.75. The molecule has 0 spiro atoms. The number of carboxylic acids is 2. The van der Waals surface area contributed by atoms with Crippen molar-refractivity contribution < 1.29 is 24.6 Å². The zero-order valence-corrected chi connectivity index (χ0v) is 9.50. The molecule has 0 aliphatic rings. The van der Waals surface area contributed by atoms with E-state index < -0.39 is 36.6 Å². The van der Waals surface area contributed by atoms with Gasteiger partial charge in [-0.3, -0.25) is 14.4 Å². The number of rotatable bonds is 6. The first kappa shape index (κ1) is 13.7. The maximum atomic E-state index is 11.7. The summed E-state index contributed by atoms with van der Waals surface area (Å²) in [6.07, 6.45) is -1.02. The van der Waals surface area contributed by atoms with Crippen LogP contribution in [-0.4, -0.2) is 28.1 Å². The first-order valence-electron chi connectivity index (χ1n) is 5.28. The van der Waals surface area contributed by atoms with Gasteiger partial charge in [0.15, 0.2) is 0 Å². The molecule has 0 aromatic heterocycles. The number of nitrogens with one attached hydrogen (secondary N) is 1. The van der Waals surface area contributed by atoms with Crippen molar-refractivity contribution in [1.82, 2.24) is 0 Å². The molecule has 1 amide bonds. The fraction of sp³-hybridized carbons (Fsp3) is 0.250. The van der Waals surface area contributed by atoms with Gasteiger partial charge in [0.05, 0.1) is 18.8 Å². The Labute approximate surface area is 103 Å². The first-order valence-corrected chi connectivity index (χ1v) is 5.28. The Morgan fingerprint density at radius 3 is 1.94 bits per heavy atom. The van der Waals surface area contributed by atoms with Crippen LogP contribution >= 0.6 is 0 Å². The van der Waals surface area contributed by atoms with E-state index in [4.69, 9.17) is 10.2 Å². The Hall–Kier alpha value is -2.37. The molecular formula is C12H13NO5. The lowest BCUT2D eigenvalue weighted by atomic mass is 10.0. The molecule has 1 aromatic carbocycles. The van der Waals surface area contributed by atoms with E-state index in [1.54, 1.807) is 30.3 Å². The Morgan fingerprint density at radius 1 is 1.00 bits per heavy atom. The molecule has 1 rings (SSSR count). The average Bonchev–Trinajstić information content (AvgIpc) is 2.28. The van der Waals surface area contributed by atoms with Crippen molar-refractivity contribution in [3.05, 3.63) is 30.3 Å². The molecule has 0 radical (unpaired) electrons. The van der Waals surface area contributed by atoms with Gasteiger partial charge in [-0.25, -0.2) is 0 Å². The SMILES string of the molecule is O=C(O)CC(CC(=O)O)C(=O)Nc1ccccc1. The van der Waals surface area contributed by atoms with E-state index in [-0.39, 0.29) is 0 Å². The molecule has 6 nitrogen and oxygen atoms in total. The predicted octanol–water partition coefficient (Wildman–Crippen LogP) is 1.19. The maximum Gasteiger partial charge on any atom is 0.304 e. The highest BCUT2D eigenvalue weighted by Gasteiger charge is 2.24. The minimum absolute atomic E-state index is 0.503. The van der Waals surface area contributed by atoms with Crippen molar-refractivity contribution in [3.8, 4) is 0 Å². The van der Waals surface area contributed by atoms with Gasteiger partial charge < -0.3 is 15.5 Å². The van der Waals surface area contributed by atoms with Gasteiger partial charge in [0, 0.05) is 5.69 Å². The van der Waals surface area contributed by atoms with Gasteiger partial charge in [-0.2, -0.15) is 0 Å². The number of benzene rings is 1. The van der Waals surface area contributed by atoms with Gasteiger partial charge in [-0.15, -0.1) is 0 Å². The zero-order chi connectivity index (χ0) is 13.5. The lowest BCUT2D eigenvalue weighted by molar-refractivity contribution is -0.143. The summed E-state index contributed by atoms with van der Waals surface area (Å²) in [5.74, 6) is -4.10.